The van der Waals surface area contributed by atoms with Crippen LogP contribution < -0.4 is 0 Å². The molecule has 176 valence electrons. The standard InChI is InChI=1S/C29H31NO4/c31-23-10-3-1-8-20(23)14-15-21-16-17-26-29(22-9-2-4-12-25(22)34-26)28(21)24(32)11-7-13-27(33)30-18-5-6-19-30/h1-4,8-10,12,16-17,24,31-32H,5-7,11,13-15,18-19H2. The lowest BCUT2D eigenvalue weighted by atomic mass is 9.90. The molecule has 1 saturated heterocycles. The summed E-state index contributed by atoms with van der Waals surface area (Å²) in [6.07, 6.45) is 4.45. The largest absolute Gasteiger partial charge is 0.508 e. The lowest BCUT2D eigenvalue weighted by molar-refractivity contribution is -0.130. The first-order chi connectivity index (χ1) is 16.6. The first-order valence-corrected chi connectivity index (χ1v) is 12.3. The molecule has 1 fully saturated rings. The minimum absolute atomic E-state index is 0.191. The SMILES string of the molecule is O=C(CCCC(O)c1c(CCc2ccccc2O)ccc2oc3ccccc3c12)N1CCCC1. The van der Waals surface area contributed by atoms with Gasteiger partial charge in [-0.3, -0.25) is 4.79 Å². The van der Waals surface area contributed by atoms with Gasteiger partial charge in [0.25, 0.3) is 0 Å². The molecule has 2 N–H and O–H groups in total. The number of para-hydroxylation sites is 2. The highest BCUT2D eigenvalue weighted by Gasteiger charge is 2.22. The Bertz CT molecular complexity index is 1300. The number of amides is 1. The van der Waals surface area contributed by atoms with Gasteiger partial charge in [0.15, 0.2) is 0 Å². The van der Waals surface area contributed by atoms with E-state index in [0.29, 0.717) is 37.9 Å². The van der Waals surface area contributed by atoms with Crippen molar-refractivity contribution < 1.29 is 19.4 Å². The highest BCUT2D eigenvalue weighted by molar-refractivity contribution is 6.07. The molecule has 1 aliphatic rings. The molecule has 34 heavy (non-hydrogen) atoms. The predicted octanol–water partition coefficient (Wildman–Crippen LogP) is 5.90. The summed E-state index contributed by atoms with van der Waals surface area (Å²) in [6, 6.07) is 19.3. The Morgan fingerprint density at radius 3 is 2.47 bits per heavy atom. The quantitative estimate of drug-likeness (QED) is 0.345. The van der Waals surface area contributed by atoms with Crippen LogP contribution in [0.25, 0.3) is 21.9 Å². The highest BCUT2D eigenvalue weighted by atomic mass is 16.3. The molecule has 5 nitrogen and oxygen atoms in total. The van der Waals surface area contributed by atoms with Gasteiger partial charge >= 0.3 is 0 Å². The maximum atomic E-state index is 12.5. The fourth-order valence-corrected chi connectivity index (χ4v) is 5.19. The average Bonchev–Trinajstić information content (AvgIpc) is 3.51. The second-order valence-corrected chi connectivity index (χ2v) is 9.23. The third kappa shape index (κ3) is 4.53. The van der Waals surface area contributed by atoms with Crippen LogP contribution in [0.4, 0.5) is 0 Å². The fourth-order valence-electron chi connectivity index (χ4n) is 5.19. The number of carbonyl (C=O) groups excluding carboxylic acids is 1. The van der Waals surface area contributed by atoms with Crippen LogP contribution in [0.5, 0.6) is 5.75 Å². The van der Waals surface area contributed by atoms with Crippen molar-refractivity contribution in [1.29, 1.82) is 0 Å². The van der Waals surface area contributed by atoms with Gasteiger partial charge in [0.1, 0.15) is 16.9 Å². The van der Waals surface area contributed by atoms with Gasteiger partial charge < -0.3 is 19.5 Å². The summed E-state index contributed by atoms with van der Waals surface area (Å²) in [5.74, 6) is 0.483. The molecule has 5 heteroatoms. The molecule has 3 aromatic carbocycles. The number of carbonyl (C=O) groups is 1. The van der Waals surface area contributed by atoms with Gasteiger partial charge in [-0.15, -0.1) is 0 Å². The van der Waals surface area contributed by atoms with Crippen LogP contribution in [0.3, 0.4) is 0 Å². The topological polar surface area (TPSA) is 73.9 Å². The number of furan rings is 1. The number of likely N-dealkylation sites (tertiary alicyclic amines) is 1. The minimum atomic E-state index is -0.699. The smallest absolute Gasteiger partial charge is 0.222 e. The van der Waals surface area contributed by atoms with Crippen molar-refractivity contribution in [2.45, 2.75) is 51.0 Å². The second kappa shape index (κ2) is 9.90. The van der Waals surface area contributed by atoms with Crippen molar-refractivity contribution in [3.8, 4) is 5.75 Å². The number of hydrogen-bond acceptors (Lipinski definition) is 4. The van der Waals surface area contributed by atoms with Crippen LogP contribution in [0, 0.1) is 0 Å². The summed E-state index contributed by atoms with van der Waals surface area (Å²) in [6.45, 7) is 1.72. The van der Waals surface area contributed by atoms with Crippen LogP contribution in [0.2, 0.25) is 0 Å². The number of aliphatic hydroxyl groups is 1. The number of phenols is 1. The van der Waals surface area contributed by atoms with E-state index in [1.54, 1.807) is 6.07 Å². The fraction of sp³-hybridized carbons (Fsp3) is 0.345. The number of hydrogen-bond donors (Lipinski definition) is 2. The lowest BCUT2D eigenvalue weighted by Gasteiger charge is -2.19. The van der Waals surface area contributed by atoms with E-state index in [-0.39, 0.29) is 5.91 Å². The van der Waals surface area contributed by atoms with Crippen LogP contribution >= 0.6 is 0 Å². The Labute approximate surface area is 199 Å². The number of benzene rings is 3. The van der Waals surface area contributed by atoms with E-state index in [2.05, 4.69) is 0 Å². The van der Waals surface area contributed by atoms with Crippen LogP contribution in [0.1, 0.15) is 54.9 Å². The number of phenolic OH excluding ortho intramolecular Hbond substituents is 1. The Morgan fingerprint density at radius 1 is 0.912 bits per heavy atom. The second-order valence-electron chi connectivity index (χ2n) is 9.23. The molecule has 0 spiro atoms. The van der Waals surface area contributed by atoms with Crippen molar-refractivity contribution in [2.75, 3.05) is 13.1 Å². The number of aliphatic hydroxyl groups excluding tert-OH is 1. The molecule has 4 aromatic rings. The van der Waals surface area contributed by atoms with Gasteiger partial charge in [0.2, 0.25) is 5.91 Å². The van der Waals surface area contributed by atoms with E-state index in [0.717, 1.165) is 64.6 Å². The van der Waals surface area contributed by atoms with Crippen LogP contribution in [-0.2, 0) is 17.6 Å². The van der Waals surface area contributed by atoms with Gasteiger partial charge in [0.05, 0.1) is 6.10 Å². The molecule has 0 aliphatic carbocycles. The van der Waals surface area contributed by atoms with Crippen LogP contribution in [0.15, 0.2) is 65.1 Å². The van der Waals surface area contributed by atoms with E-state index in [9.17, 15) is 15.0 Å². The number of aryl methyl sites for hydroxylation is 2. The third-order valence-corrected chi connectivity index (χ3v) is 6.99. The molecule has 1 amide bonds. The lowest BCUT2D eigenvalue weighted by Crippen LogP contribution is -2.27. The normalized spacial score (nSPS) is 14.8. The monoisotopic (exact) mass is 457 g/mol. The molecule has 0 saturated carbocycles. The minimum Gasteiger partial charge on any atom is -0.508 e. The summed E-state index contributed by atoms with van der Waals surface area (Å²) < 4.78 is 6.08. The molecule has 2 heterocycles. The molecule has 0 bridgehead atoms. The Morgan fingerprint density at radius 2 is 1.65 bits per heavy atom. The van der Waals surface area contributed by atoms with Gasteiger partial charge in [-0.2, -0.15) is 0 Å². The maximum Gasteiger partial charge on any atom is 0.222 e. The highest BCUT2D eigenvalue weighted by Crippen LogP contribution is 2.38. The van der Waals surface area contributed by atoms with Gasteiger partial charge in [-0.1, -0.05) is 42.5 Å². The Kier molecular flexibility index (Phi) is 6.54. The molecule has 1 atom stereocenters. The predicted molar refractivity (Wildman–Crippen MR) is 134 cm³/mol. The average molecular weight is 458 g/mol. The molecule has 0 radical (unpaired) electrons. The first kappa shape index (κ1) is 22.5. The number of rotatable bonds is 8. The number of aromatic hydroxyl groups is 1. The van der Waals surface area contributed by atoms with Gasteiger partial charge in [0, 0.05) is 30.3 Å². The van der Waals surface area contributed by atoms with Crippen molar-refractivity contribution >= 4 is 27.8 Å². The summed E-state index contributed by atoms with van der Waals surface area (Å²) in [4.78, 5) is 14.4. The number of nitrogens with zero attached hydrogens (tertiary/aromatic N) is 1. The molecular weight excluding hydrogens is 426 g/mol. The summed E-state index contributed by atoms with van der Waals surface area (Å²) in [5, 5.41) is 23.5. The molecule has 1 aliphatic heterocycles. The zero-order valence-corrected chi connectivity index (χ0v) is 19.4. The van der Waals surface area contributed by atoms with Gasteiger partial charge in [-0.05, 0) is 73.4 Å². The molecule has 1 unspecified atom stereocenters. The molecule has 5 rings (SSSR count). The Balaban J connectivity index is 1.43. The van der Waals surface area contributed by atoms with E-state index < -0.39 is 6.10 Å². The van der Waals surface area contributed by atoms with Crippen molar-refractivity contribution in [3.63, 3.8) is 0 Å². The molecular formula is C29H31NO4. The summed E-state index contributed by atoms with van der Waals surface area (Å²) in [7, 11) is 0. The summed E-state index contributed by atoms with van der Waals surface area (Å²) in [5.41, 5.74) is 4.37. The van der Waals surface area contributed by atoms with Crippen molar-refractivity contribution in [3.05, 3.63) is 77.4 Å². The Hall–Kier alpha value is -3.31. The molecule has 1 aromatic heterocycles. The van der Waals surface area contributed by atoms with Crippen molar-refractivity contribution in [2.24, 2.45) is 0 Å². The zero-order valence-electron chi connectivity index (χ0n) is 19.4. The maximum absolute atomic E-state index is 12.5. The summed E-state index contributed by atoms with van der Waals surface area (Å²) >= 11 is 0. The van der Waals surface area contributed by atoms with Crippen LogP contribution in [-0.4, -0.2) is 34.1 Å². The van der Waals surface area contributed by atoms with Gasteiger partial charge in [-0.25, -0.2) is 0 Å². The van der Waals surface area contributed by atoms with E-state index in [1.807, 2.05) is 59.5 Å². The van der Waals surface area contributed by atoms with Crippen molar-refractivity contribution in [1.82, 2.24) is 4.90 Å². The third-order valence-electron chi connectivity index (χ3n) is 6.99. The van der Waals surface area contributed by atoms with E-state index in [1.165, 1.54) is 0 Å². The van der Waals surface area contributed by atoms with E-state index in [4.69, 9.17) is 4.42 Å². The first-order valence-electron chi connectivity index (χ1n) is 12.3. The zero-order chi connectivity index (χ0) is 23.5. The van der Waals surface area contributed by atoms with E-state index >= 15 is 0 Å². The number of fused-ring (bicyclic) bond motifs is 3.